The number of amides is 1. The lowest BCUT2D eigenvalue weighted by Crippen LogP contribution is -2.37. The molecule has 0 fully saturated rings. The van der Waals surface area contributed by atoms with Crippen LogP contribution in [0.3, 0.4) is 0 Å². The molecule has 1 aromatic heterocycles. The topological polar surface area (TPSA) is 116 Å². The van der Waals surface area contributed by atoms with Crippen molar-refractivity contribution in [1.82, 2.24) is 10.3 Å². The molecule has 0 atom stereocenters. The van der Waals surface area contributed by atoms with Gasteiger partial charge in [0.2, 0.25) is 9.84 Å². The van der Waals surface area contributed by atoms with Crippen molar-refractivity contribution in [3.8, 4) is 0 Å². The smallest absolute Gasteiger partial charge is 0.392 e. The first-order chi connectivity index (χ1) is 15.8. The average molecular weight is 492 g/mol. The lowest BCUT2D eigenvalue weighted by Gasteiger charge is -2.29. The van der Waals surface area contributed by atoms with E-state index in [-0.39, 0.29) is 20.9 Å². The number of carbonyl (C=O) groups excluding carboxylic acids is 1. The number of H-pyrrole nitrogens is 1. The van der Waals surface area contributed by atoms with Gasteiger partial charge in [-0.3, -0.25) is 9.59 Å². The number of aromatic amines is 1. The molecule has 3 aromatic rings. The fourth-order valence-electron chi connectivity index (χ4n) is 4.00. The molecule has 11 heteroatoms. The van der Waals surface area contributed by atoms with Crippen LogP contribution in [0.15, 0.2) is 57.1 Å². The Labute approximate surface area is 192 Å². The zero-order valence-corrected chi connectivity index (χ0v) is 18.8. The lowest BCUT2D eigenvalue weighted by molar-refractivity contribution is -0.142. The number of aryl methyl sites for hydroxylation is 2. The summed E-state index contributed by atoms with van der Waals surface area (Å²) < 4.78 is 66.0. The van der Waals surface area contributed by atoms with E-state index in [1.165, 1.54) is 12.1 Å². The summed E-state index contributed by atoms with van der Waals surface area (Å²) in [5.41, 5.74) is -2.17. The zero-order valence-electron chi connectivity index (χ0n) is 17.9. The minimum absolute atomic E-state index is 0.00623. The number of nitrogens with one attached hydrogen (secondary N) is 2. The van der Waals surface area contributed by atoms with Gasteiger partial charge in [-0.15, -0.1) is 0 Å². The molecule has 1 aliphatic heterocycles. The van der Waals surface area contributed by atoms with Crippen molar-refractivity contribution in [1.29, 1.82) is 0 Å². The van der Waals surface area contributed by atoms with Gasteiger partial charge in [-0.1, -0.05) is 24.3 Å². The van der Waals surface area contributed by atoms with E-state index < -0.39 is 56.9 Å². The van der Waals surface area contributed by atoms with Crippen LogP contribution in [0.5, 0.6) is 0 Å². The molecule has 34 heavy (non-hydrogen) atoms. The van der Waals surface area contributed by atoms with Crippen LogP contribution in [0.4, 0.5) is 13.2 Å². The average Bonchev–Trinajstić information content (AvgIpc) is 2.76. The molecule has 178 valence electrons. The number of alkyl halides is 3. The van der Waals surface area contributed by atoms with Crippen molar-refractivity contribution in [3.05, 3.63) is 91.9 Å². The largest absolute Gasteiger partial charge is 0.431 e. The van der Waals surface area contributed by atoms with Crippen LogP contribution in [0.25, 0.3) is 0 Å². The summed E-state index contributed by atoms with van der Waals surface area (Å²) in [5, 5.41) is 11.9. The van der Waals surface area contributed by atoms with Crippen molar-refractivity contribution < 1.29 is 31.5 Å². The second-order valence-corrected chi connectivity index (χ2v) is 9.95. The van der Waals surface area contributed by atoms with Crippen molar-refractivity contribution in [3.63, 3.8) is 0 Å². The third-order valence-corrected chi connectivity index (χ3v) is 7.50. The second kappa shape index (κ2) is 8.10. The highest BCUT2D eigenvalue weighted by Gasteiger charge is 2.38. The van der Waals surface area contributed by atoms with Crippen LogP contribution in [0, 0.1) is 13.8 Å². The maximum absolute atomic E-state index is 13.3. The van der Waals surface area contributed by atoms with E-state index in [2.05, 4.69) is 5.32 Å². The van der Waals surface area contributed by atoms with Crippen molar-refractivity contribution in [2.24, 2.45) is 0 Å². The van der Waals surface area contributed by atoms with Crippen LogP contribution < -0.4 is 10.9 Å². The van der Waals surface area contributed by atoms with E-state index in [1.54, 1.807) is 43.1 Å². The van der Waals surface area contributed by atoms with E-state index in [0.717, 1.165) is 0 Å². The SMILES string of the molecule is Cc1ccc2c(c1)S(=O)(=O)c1cc(C)ccc1C2NC(=O)c1cc(CO)c(C(F)(F)F)[nH]c1=O. The maximum Gasteiger partial charge on any atom is 0.431 e. The van der Waals surface area contributed by atoms with Gasteiger partial charge in [0.05, 0.1) is 22.4 Å². The van der Waals surface area contributed by atoms with Gasteiger partial charge in [-0.25, -0.2) is 8.42 Å². The number of hydrogen-bond donors (Lipinski definition) is 3. The van der Waals surface area contributed by atoms with Crippen LogP contribution in [-0.2, 0) is 22.6 Å². The highest BCUT2D eigenvalue weighted by molar-refractivity contribution is 7.91. The minimum Gasteiger partial charge on any atom is -0.392 e. The number of halogens is 3. The molecule has 2 heterocycles. The molecule has 1 amide bonds. The van der Waals surface area contributed by atoms with Gasteiger partial charge in [0.15, 0.2) is 0 Å². The number of hydrogen-bond acceptors (Lipinski definition) is 5. The Kier molecular flexibility index (Phi) is 5.65. The maximum atomic E-state index is 13.3. The normalized spacial score (nSPS) is 14.9. The standard InChI is InChI=1S/C23H19F3N2O5S/c1-11-3-5-14-17(7-11)34(32,33)18-8-12(2)4-6-15(18)19(14)27-21(30)16-9-13(10-29)20(23(24,25)26)28-22(16)31/h3-9,19,29H,10H2,1-2H3,(H,27,30)(H,28,31). The summed E-state index contributed by atoms with van der Waals surface area (Å²) in [6, 6.07) is 9.08. The monoisotopic (exact) mass is 492 g/mol. The number of benzene rings is 2. The summed E-state index contributed by atoms with van der Waals surface area (Å²) >= 11 is 0. The van der Waals surface area contributed by atoms with Crippen molar-refractivity contribution >= 4 is 15.7 Å². The van der Waals surface area contributed by atoms with Crippen molar-refractivity contribution in [2.45, 2.75) is 42.5 Å². The Bertz CT molecular complexity index is 1430. The Morgan fingerprint density at radius 1 is 1.03 bits per heavy atom. The molecule has 0 aliphatic carbocycles. The lowest BCUT2D eigenvalue weighted by atomic mass is 9.95. The van der Waals surface area contributed by atoms with Gasteiger partial charge >= 0.3 is 6.18 Å². The van der Waals surface area contributed by atoms with Gasteiger partial charge in [0.25, 0.3) is 11.5 Å². The Morgan fingerprint density at radius 3 is 2.03 bits per heavy atom. The number of sulfone groups is 1. The molecule has 0 saturated carbocycles. The summed E-state index contributed by atoms with van der Waals surface area (Å²) in [6.07, 6.45) is -4.93. The summed E-state index contributed by atoms with van der Waals surface area (Å²) in [7, 11) is -3.90. The summed E-state index contributed by atoms with van der Waals surface area (Å²) in [5.74, 6) is -1.02. The molecule has 0 saturated heterocycles. The molecule has 3 N–H and O–H groups in total. The minimum atomic E-state index is -4.93. The number of aromatic nitrogens is 1. The van der Waals surface area contributed by atoms with E-state index >= 15 is 0 Å². The highest BCUT2D eigenvalue weighted by atomic mass is 32.2. The van der Waals surface area contributed by atoms with Crippen LogP contribution in [0.2, 0.25) is 0 Å². The molecule has 7 nitrogen and oxygen atoms in total. The van der Waals surface area contributed by atoms with Gasteiger partial charge in [0, 0.05) is 5.56 Å². The van der Waals surface area contributed by atoms with E-state index in [9.17, 15) is 36.3 Å². The molecular weight excluding hydrogens is 473 g/mol. The molecule has 0 unspecified atom stereocenters. The van der Waals surface area contributed by atoms with Crippen LogP contribution >= 0.6 is 0 Å². The predicted octanol–water partition coefficient (Wildman–Crippen LogP) is 3.17. The van der Waals surface area contributed by atoms with Gasteiger partial charge in [-0.2, -0.15) is 13.2 Å². The fourth-order valence-corrected chi connectivity index (χ4v) is 5.91. The predicted molar refractivity (Wildman–Crippen MR) is 115 cm³/mol. The Balaban J connectivity index is 1.85. The first-order valence-corrected chi connectivity index (χ1v) is 11.5. The number of carbonyl (C=O) groups is 1. The third-order valence-electron chi connectivity index (χ3n) is 5.64. The van der Waals surface area contributed by atoms with E-state index in [4.69, 9.17) is 0 Å². The van der Waals surface area contributed by atoms with Crippen molar-refractivity contribution in [2.75, 3.05) is 0 Å². The number of fused-ring (bicyclic) bond motifs is 2. The third kappa shape index (κ3) is 3.90. The number of aliphatic hydroxyl groups excluding tert-OH is 1. The van der Waals surface area contributed by atoms with Gasteiger partial charge in [0.1, 0.15) is 11.3 Å². The highest BCUT2D eigenvalue weighted by Crippen LogP contribution is 2.41. The van der Waals surface area contributed by atoms with E-state index in [1.807, 2.05) is 0 Å². The molecule has 2 aromatic carbocycles. The van der Waals surface area contributed by atoms with Gasteiger partial charge < -0.3 is 15.4 Å². The van der Waals surface area contributed by atoms with E-state index in [0.29, 0.717) is 17.2 Å². The van der Waals surface area contributed by atoms with Crippen LogP contribution in [-0.4, -0.2) is 24.4 Å². The molecular formula is C23H19F3N2O5S. The molecule has 1 aliphatic rings. The summed E-state index contributed by atoms with van der Waals surface area (Å²) in [6.45, 7) is 2.37. The molecule has 0 spiro atoms. The first kappa shape index (κ1) is 23.7. The Hall–Kier alpha value is -3.44. The Morgan fingerprint density at radius 2 is 1.56 bits per heavy atom. The number of aliphatic hydroxyl groups is 1. The first-order valence-electron chi connectivity index (χ1n) is 10.1. The molecule has 0 radical (unpaired) electrons. The zero-order chi connectivity index (χ0) is 25.0. The number of pyridine rings is 1. The quantitative estimate of drug-likeness (QED) is 0.520. The second-order valence-electron chi connectivity index (χ2n) is 8.06. The van der Waals surface area contributed by atoms with Crippen LogP contribution in [0.1, 0.15) is 49.9 Å². The number of rotatable bonds is 3. The summed E-state index contributed by atoms with van der Waals surface area (Å²) in [4.78, 5) is 27.0. The molecule has 4 rings (SSSR count). The molecule has 0 bridgehead atoms. The van der Waals surface area contributed by atoms with Gasteiger partial charge in [-0.05, 0) is 54.3 Å². The fraction of sp³-hybridized carbons (Fsp3) is 0.217.